The van der Waals surface area contributed by atoms with Gasteiger partial charge in [0.05, 0.1) is 6.04 Å². The molecule has 0 heterocycles. The number of amides is 2. The molecule has 3 atom stereocenters. The molecule has 0 spiro atoms. The van der Waals surface area contributed by atoms with Crippen LogP contribution in [0.3, 0.4) is 0 Å². The highest BCUT2D eigenvalue weighted by Gasteiger charge is 2.31. The molecule has 0 saturated carbocycles. The Balaban J connectivity index is 1.31. The molecule has 184 valence electrons. The zero-order valence-corrected chi connectivity index (χ0v) is 19.6. The molecule has 0 aromatic heterocycles. The monoisotopic (exact) mass is 478 g/mol. The predicted molar refractivity (Wildman–Crippen MR) is 130 cm³/mol. The van der Waals surface area contributed by atoms with Crippen molar-refractivity contribution in [2.24, 2.45) is 5.92 Å². The van der Waals surface area contributed by atoms with Gasteiger partial charge in [0, 0.05) is 32.0 Å². The molecular weight excluding hydrogens is 448 g/mol. The van der Waals surface area contributed by atoms with Gasteiger partial charge in [-0.1, -0.05) is 60.7 Å². The summed E-state index contributed by atoms with van der Waals surface area (Å²) in [5, 5.41) is 14.7. The molecule has 0 saturated heterocycles. The van der Waals surface area contributed by atoms with Crippen LogP contribution in [0.4, 0.5) is 4.79 Å². The van der Waals surface area contributed by atoms with Crippen molar-refractivity contribution in [3.8, 4) is 11.1 Å². The largest absolute Gasteiger partial charge is 0.480 e. The number of rotatable bonds is 9. The molecule has 35 heavy (non-hydrogen) atoms. The van der Waals surface area contributed by atoms with Crippen molar-refractivity contribution in [2.75, 3.05) is 20.3 Å². The fraction of sp³-hybridized carbons (Fsp3) is 0.370. The first-order valence-electron chi connectivity index (χ1n) is 11.8. The van der Waals surface area contributed by atoms with E-state index in [0.29, 0.717) is 12.8 Å². The van der Waals surface area contributed by atoms with Gasteiger partial charge in [0.25, 0.3) is 0 Å². The van der Waals surface area contributed by atoms with Gasteiger partial charge in [-0.25, -0.2) is 9.59 Å². The van der Waals surface area contributed by atoms with E-state index in [1.54, 1.807) is 0 Å². The fourth-order valence-electron chi connectivity index (χ4n) is 4.78. The first-order chi connectivity index (χ1) is 17.0. The van der Waals surface area contributed by atoms with Crippen LogP contribution in [0.2, 0.25) is 0 Å². The number of aliphatic carboxylic acids is 1. The van der Waals surface area contributed by atoms with Crippen LogP contribution in [0.1, 0.15) is 36.3 Å². The quantitative estimate of drug-likeness (QED) is 0.476. The third-order valence-corrected chi connectivity index (χ3v) is 6.57. The molecular formula is C27H30N2O6. The molecule has 2 aliphatic rings. The Morgan fingerprint density at radius 2 is 1.71 bits per heavy atom. The van der Waals surface area contributed by atoms with Gasteiger partial charge in [-0.3, -0.25) is 4.79 Å². The average molecular weight is 479 g/mol. The third kappa shape index (κ3) is 5.71. The highest BCUT2D eigenvalue weighted by atomic mass is 16.5. The van der Waals surface area contributed by atoms with Crippen molar-refractivity contribution < 1.29 is 29.0 Å². The molecule has 0 aliphatic heterocycles. The van der Waals surface area contributed by atoms with Crippen molar-refractivity contribution in [1.82, 2.24) is 10.6 Å². The number of carbonyl (C=O) groups is 3. The van der Waals surface area contributed by atoms with Crippen LogP contribution in [-0.2, 0) is 19.1 Å². The van der Waals surface area contributed by atoms with Gasteiger partial charge in [0.15, 0.2) is 0 Å². The van der Waals surface area contributed by atoms with Crippen LogP contribution in [0.15, 0.2) is 60.7 Å². The lowest BCUT2D eigenvalue weighted by atomic mass is 9.90. The molecule has 8 nitrogen and oxygen atoms in total. The zero-order chi connectivity index (χ0) is 24.8. The van der Waals surface area contributed by atoms with Gasteiger partial charge in [0.2, 0.25) is 5.91 Å². The SMILES string of the molecule is COCCC(NC(=O)[C@@H]1CC=C[C@@H](NC(=O)OCC2c3ccccc3-c3ccccc32)C1)C(=O)O. The molecule has 2 aromatic carbocycles. The van der Waals surface area contributed by atoms with E-state index in [9.17, 15) is 19.5 Å². The maximum Gasteiger partial charge on any atom is 0.407 e. The first kappa shape index (κ1) is 24.5. The summed E-state index contributed by atoms with van der Waals surface area (Å²) >= 11 is 0. The van der Waals surface area contributed by atoms with Crippen molar-refractivity contribution in [3.05, 3.63) is 71.8 Å². The summed E-state index contributed by atoms with van der Waals surface area (Å²) in [6.45, 7) is 0.438. The average Bonchev–Trinajstić information content (AvgIpc) is 3.19. The van der Waals surface area contributed by atoms with E-state index in [1.165, 1.54) is 7.11 Å². The summed E-state index contributed by atoms with van der Waals surface area (Å²) in [5.74, 6) is -1.93. The van der Waals surface area contributed by atoms with Crippen molar-refractivity contribution in [2.45, 2.75) is 37.3 Å². The Labute approximate surface area is 204 Å². The highest BCUT2D eigenvalue weighted by molar-refractivity contribution is 5.85. The Morgan fingerprint density at radius 3 is 2.34 bits per heavy atom. The lowest BCUT2D eigenvalue weighted by Crippen LogP contribution is -2.46. The van der Waals surface area contributed by atoms with Crippen LogP contribution >= 0.6 is 0 Å². The lowest BCUT2D eigenvalue weighted by Gasteiger charge is -2.26. The molecule has 1 unspecified atom stereocenters. The van der Waals surface area contributed by atoms with E-state index < -0.39 is 24.0 Å². The van der Waals surface area contributed by atoms with Crippen LogP contribution in [0.5, 0.6) is 0 Å². The molecule has 4 rings (SSSR count). The second-order valence-electron chi connectivity index (χ2n) is 8.85. The van der Waals surface area contributed by atoms with Crippen molar-refractivity contribution in [3.63, 3.8) is 0 Å². The Kier molecular flexibility index (Phi) is 7.82. The van der Waals surface area contributed by atoms with E-state index in [4.69, 9.17) is 9.47 Å². The van der Waals surface area contributed by atoms with E-state index in [0.717, 1.165) is 22.3 Å². The van der Waals surface area contributed by atoms with E-state index in [1.807, 2.05) is 36.4 Å². The minimum atomic E-state index is -1.10. The molecule has 3 N–H and O–H groups in total. The zero-order valence-electron chi connectivity index (χ0n) is 19.6. The Morgan fingerprint density at radius 1 is 1.06 bits per heavy atom. The number of hydrogen-bond donors (Lipinski definition) is 3. The van der Waals surface area contributed by atoms with E-state index in [-0.39, 0.29) is 37.5 Å². The van der Waals surface area contributed by atoms with Gasteiger partial charge in [-0.15, -0.1) is 0 Å². The molecule has 0 radical (unpaired) electrons. The fourth-order valence-corrected chi connectivity index (χ4v) is 4.78. The number of benzene rings is 2. The van der Waals surface area contributed by atoms with Gasteiger partial charge < -0.3 is 25.2 Å². The van der Waals surface area contributed by atoms with Gasteiger partial charge in [-0.2, -0.15) is 0 Å². The Bertz CT molecular complexity index is 1070. The van der Waals surface area contributed by atoms with Gasteiger partial charge in [-0.05, 0) is 35.1 Å². The maximum absolute atomic E-state index is 12.6. The van der Waals surface area contributed by atoms with Crippen LogP contribution in [0, 0.1) is 5.92 Å². The number of methoxy groups -OCH3 is 1. The molecule has 2 amide bonds. The number of ether oxygens (including phenoxy) is 2. The predicted octanol–water partition coefficient (Wildman–Crippen LogP) is 3.47. The van der Waals surface area contributed by atoms with Gasteiger partial charge >= 0.3 is 12.1 Å². The summed E-state index contributed by atoms with van der Waals surface area (Å²) < 4.78 is 10.5. The number of nitrogens with one attached hydrogen (secondary N) is 2. The maximum atomic E-state index is 12.6. The summed E-state index contributed by atoms with van der Waals surface area (Å²) in [7, 11) is 1.48. The summed E-state index contributed by atoms with van der Waals surface area (Å²) in [4.78, 5) is 36.7. The minimum absolute atomic E-state index is 0.0337. The van der Waals surface area contributed by atoms with Crippen LogP contribution < -0.4 is 10.6 Å². The summed E-state index contributed by atoms with van der Waals surface area (Å²) in [6.07, 6.45) is 4.14. The second kappa shape index (κ2) is 11.2. The molecule has 2 aliphatic carbocycles. The number of allylic oxidation sites excluding steroid dienone is 1. The molecule has 2 aromatic rings. The molecule has 0 fully saturated rings. The lowest BCUT2D eigenvalue weighted by molar-refractivity contribution is -0.143. The molecule has 8 heteroatoms. The topological polar surface area (TPSA) is 114 Å². The number of hydrogen-bond acceptors (Lipinski definition) is 5. The van der Waals surface area contributed by atoms with Crippen LogP contribution in [-0.4, -0.2) is 55.5 Å². The van der Waals surface area contributed by atoms with Crippen molar-refractivity contribution in [1.29, 1.82) is 0 Å². The molecule has 0 bridgehead atoms. The van der Waals surface area contributed by atoms with Gasteiger partial charge in [0.1, 0.15) is 12.6 Å². The summed E-state index contributed by atoms with van der Waals surface area (Å²) in [5.41, 5.74) is 4.59. The number of carboxylic acid groups (broad SMARTS) is 1. The summed E-state index contributed by atoms with van der Waals surface area (Å²) in [6, 6.07) is 14.9. The highest BCUT2D eigenvalue weighted by Crippen LogP contribution is 2.44. The smallest absolute Gasteiger partial charge is 0.407 e. The normalized spacial score (nSPS) is 19.3. The Hall–Kier alpha value is -3.65. The van der Waals surface area contributed by atoms with E-state index >= 15 is 0 Å². The minimum Gasteiger partial charge on any atom is -0.480 e. The number of fused-ring (bicyclic) bond motifs is 3. The number of carbonyl (C=O) groups excluding carboxylic acids is 2. The van der Waals surface area contributed by atoms with Crippen LogP contribution in [0.25, 0.3) is 11.1 Å². The van der Waals surface area contributed by atoms with Crippen molar-refractivity contribution >= 4 is 18.0 Å². The first-order valence-corrected chi connectivity index (χ1v) is 11.8. The standard InChI is InChI=1S/C27H30N2O6/c1-34-14-13-24(26(31)32)29-25(30)17-7-6-8-18(15-17)28-27(33)35-16-23-21-11-4-2-9-19(21)20-10-3-5-12-22(20)23/h2-6,8-12,17-18,23-24H,7,13-16H2,1H3,(H,28,33)(H,29,30)(H,31,32)/t17-,18-,24?/m1/s1. The number of alkyl carbamates (subject to hydrolysis) is 1. The third-order valence-electron chi connectivity index (χ3n) is 6.57. The van der Waals surface area contributed by atoms with E-state index in [2.05, 4.69) is 34.9 Å². The second-order valence-corrected chi connectivity index (χ2v) is 8.85. The number of carboxylic acids is 1.